The summed E-state index contributed by atoms with van der Waals surface area (Å²) in [7, 11) is 0. The molecule has 3 aromatic rings. The molecule has 0 saturated carbocycles. The molecule has 0 aliphatic carbocycles. The van der Waals surface area contributed by atoms with E-state index < -0.39 is 25.5 Å². The molecule has 0 aromatic heterocycles. The number of unbranched alkanes of at least 4 members (excludes halogenated alkanes) is 1. The fraction of sp³-hybridized carbons (Fsp3) is 0.333. The molecule has 11 heteroatoms. The number of esters is 2. The quantitative estimate of drug-likeness (QED) is 0.0647. The minimum absolute atomic E-state index is 0.0286. The van der Waals surface area contributed by atoms with E-state index in [1.54, 1.807) is 0 Å². The number of halogens is 1. The highest BCUT2D eigenvalue weighted by molar-refractivity contribution is 5.88. The van der Waals surface area contributed by atoms with E-state index in [1.807, 2.05) is 54.6 Å². The van der Waals surface area contributed by atoms with Crippen LogP contribution in [0.2, 0.25) is 0 Å². The van der Waals surface area contributed by atoms with Gasteiger partial charge in [-0.2, -0.15) is 0 Å². The summed E-state index contributed by atoms with van der Waals surface area (Å²) in [5.74, 6) is 0.000659. The molecule has 0 amide bonds. The van der Waals surface area contributed by atoms with Crippen LogP contribution in [0.4, 0.5) is 4.39 Å². The highest BCUT2D eigenvalue weighted by Gasteiger charge is 2.12. The number of aliphatic hydroxyl groups is 2. The zero-order valence-electron chi connectivity index (χ0n) is 26.3. The van der Waals surface area contributed by atoms with Crippen molar-refractivity contribution >= 4 is 11.9 Å². The first-order chi connectivity index (χ1) is 22.9. The molecule has 0 atom stereocenters. The Labute approximate surface area is 273 Å². The van der Waals surface area contributed by atoms with Gasteiger partial charge >= 0.3 is 11.9 Å². The molecule has 10 nitrogen and oxygen atoms in total. The van der Waals surface area contributed by atoms with Crippen LogP contribution in [0, 0.1) is 0 Å². The molecule has 0 saturated heterocycles. The first-order valence-electron chi connectivity index (χ1n) is 15.1. The van der Waals surface area contributed by atoms with Crippen LogP contribution in [-0.4, -0.2) is 82.1 Å². The summed E-state index contributed by atoms with van der Waals surface area (Å²) < 4.78 is 43.9. The van der Waals surface area contributed by atoms with Gasteiger partial charge in [-0.15, -0.1) is 0 Å². The van der Waals surface area contributed by atoms with Crippen molar-refractivity contribution in [3.05, 3.63) is 96.6 Å². The van der Waals surface area contributed by atoms with Crippen LogP contribution in [0.25, 0.3) is 22.3 Å². The molecule has 0 spiro atoms. The summed E-state index contributed by atoms with van der Waals surface area (Å²) >= 11 is 0. The molecule has 47 heavy (non-hydrogen) atoms. The second-order valence-corrected chi connectivity index (χ2v) is 10.2. The van der Waals surface area contributed by atoms with E-state index in [0.29, 0.717) is 30.8 Å². The summed E-state index contributed by atoms with van der Waals surface area (Å²) in [6.45, 7) is 5.87. The van der Waals surface area contributed by atoms with Crippen LogP contribution in [0.3, 0.4) is 0 Å². The van der Waals surface area contributed by atoms with Gasteiger partial charge in [0.1, 0.15) is 51.5 Å². The van der Waals surface area contributed by atoms with Crippen LogP contribution in [0.1, 0.15) is 18.4 Å². The van der Waals surface area contributed by atoms with Crippen LogP contribution in [-0.2, 0) is 35.0 Å². The largest absolute Gasteiger partial charge is 0.490 e. The Bertz CT molecular complexity index is 1440. The Morgan fingerprint density at radius 2 is 1.13 bits per heavy atom. The van der Waals surface area contributed by atoms with Crippen molar-refractivity contribution in [2.24, 2.45) is 0 Å². The standard InChI is InChI=1S/C36H41FO10/c1-26(22-42-24-38)35(40)46-19-17-44-32-11-6-28(7-12-32)30-10-15-34(31(21-30)5-3-4-16-37)29-8-13-33(14-9-29)45-18-20-47-36(41)27(2)23-43-25-39/h6-15,21,38-39H,1-5,16-20,22-25H2. The summed E-state index contributed by atoms with van der Waals surface area (Å²) in [5, 5.41) is 17.3. The van der Waals surface area contributed by atoms with E-state index in [4.69, 9.17) is 38.6 Å². The molecule has 0 radical (unpaired) electrons. The summed E-state index contributed by atoms with van der Waals surface area (Å²) in [6.07, 6.45) is 1.91. The maximum Gasteiger partial charge on any atom is 0.335 e. The van der Waals surface area contributed by atoms with E-state index in [-0.39, 0.29) is 57.5 Å². The number of hydrogen-bond donors (Lipinski definition) is 2. The smallest absolute Gasteiger partial charge is 0.335 e. The highest BCUT2D eigenvalue weighted by Crippen LogP contribution is 2.32. The zero-order valence-corrected chi connectivity index (χ0v) is 26.3. The number of carbonyl (C=O) groups excluding carboxylic acids is 2. The van der Waals surface area contributed by atoms with E-state index in [1.165, 1.54) is 0 Å². The van der Waals surface area contributed by atoms with Crippen molar-refractivity contribution in [2.75, 3.05) is 59.9 Å². The first-order valence-corrected chi connectivity index (χ1v) is 15.1. The number of benzene rings is 3. The molecule has 0 aliphatic rings. The van der Waals surface area contributed by atoms with Gasteiger partial charge in [-0.1, -0.05) is 55.6 Å². The molecule has 0 unspecified atom stereocenters. The Morgan fingerprint density at radius 3 is 1.62 bits per heavy atom. The lowest BCUT2D eigenvalue weighted by Gasteiger charge is -2.14. The zero-order chi connectivity index (χ0) is 33.9. The van der Waals surface area contributed by atoms with Gasteiger partial charge in [0.15, 0.2) is 0 Å². The van der Waals surface area contributed by atoms with Crippen molar-refractivity contribution < 1.29 is 52.6 Å². The number of aliphatic hydroxyl groups excluding tert-OH is 2. The lowest BCUT2D eigenvalue weighted by molar-refractivity contribution is -0.141. The summed E-state index contributed by atoms with van der Waals surface area (Å²) in [6, 6.07) is 21.3. The van der Waals surface area contributed by atoms with Crippen molar-refractivity contribution in [2.45, 2.75) is 19.3 Å². The average molecular weight is 653 g/mol. The number of hydrogen-bond acceptors (Lipinski definition) is 10. The molecule has 2 N–H and O–H groups in total. The van der Waals surface area contributed by atoms with Crippen LogP contribution >= 0.6 is 0 Å². The molecular formula is C36H41FO10. The number of rotatable bonds is 22. The number of ether oxygens (including phenoxy) is 6. The first kappa shape index (κ1) is 36.9. The van der Waals surface area contributed by atoms with Gasteiger partial charge < -0.3 is 38.6 Å². The predicted octanol–water partition coefficient (Wildman–Crippen LogP) is 5.20. The van der Waals surface area contributed by atoms with E-state index in [2.05, 4.69) is 25.3 Å². The molecule has 252 valence electrons. The number of carbonyl (C=O) groups is 2. The van der Waals surface area contributed by atoms with Crippen molar-refractivity contribution in [3.63, 3.8) is 0 Å². The SMILES string of the molecule is C=C(COCO)C(=O)OCCOc1ccc(-c2ccc(-c3ccc(OCCOC(=O)C(=C)COCO)cc3)c(CCCCF)c2)cc1. The molecule has 0 heterocycles. The average Bonchev–Trinajstić information content (AvgIpc) is 3.10. The van der Waals surface area contributed by atoms with Gasteiger partial charge in [0, 0.05) is 0 Å². The summed E-state index contributed by atoms with van der Waals surface area (Å²) in [4.78, 5) is 23.7. The topological polar surface area (TPSA) is 130 Å². The molecule has 0 fully saturated rings. The Kier molecular flexibility index (Phi) is 16.1. The second-order valence-electron chi connectivity index (χ2n) is 10.2. The van der Waals surface area contributed by atoms with Crippen molar-refractivity contribution in [1.29, 1.82) is 0 Å². The van der Waals surface area contributed by atoms with Crippen LogP contribution < -0.4 is 9.47 Å². The minimum atomic E-state index is -0.615. The second kappa shape index (κ2) is 20.5. The lowest BCUT2D eigenvalue weighted by Crippen LogP contribution is -2.16. The van der Waals surface area contributed by atoms with Gasteiger partial charge in [-0.3, -0.25) is 4.39 Å². The van der Waals surface area contributed by atoms with Crippen LogP contribution in [0.5, 0.6) is 11.5 Å². The summed E-state index contributed by atoms with van der Waals surface area (Å²) in [5.41, 5.74) is 5.31. The molecule has 0 aliphatic heterocycles. The maximum atomic E-state index is 12.9. The minimum Gasteiger partial charge on any atom is -0.490 e. The normalized spacial score (nSPS) is 10.7. The van der Waals surface area contributed by atoms with Crippen LogP contribution in [0.15, 0.2) is 91.0 Å². The third-order valence-electron chi connectivity index (χ3n) is 6.77. The van der Waals surface area contributed by atoms with E-state index in [0.717, 1.165) is 27.8 Å². The Morgan fingerprint density at radius 1 is 0.638 bits per heavy atom. The predicted molar refractivity (Wildman–Crippen MR) is 173 cm³/mol. The van der Waals surface area contributed by atoms with E-state index in [9.17, 15) is 14.0 Å². The van der Waals surface area contributed by atoms with Crippen molar-refractivity contribution in [1.82, 2.24) is 0 Å². The van der Waals surface area contributed by atoms with Crippen molar-refractivity contribution in [3.8, 4) is 33.8 Å². The Balaban J connectivity index is 1.58. The molecule has 3 rings (SSSR count). The van der Waals surface area contributed by atoms with Gasteiger partial charge in [-0.05, 0) is 71.3 Å². The lowest BCUT2D eigenvalue weighted by atomic mass is 9.92. The third kappa shape index (κ3) is 12.6. The number of aryl methyl sites for hydroxylation is 1. The monoisotopic (exact) mass is 652 g/mol. The van der Waals surface area contributed by atoms with Gasteiger partial charge in [-0.25, -0.2) is 9.59 Å². The third-order valence-corrected chi connectivity index (χ3v) is 6.77. The fourth-order valence-electron chi connectivity index (χ4n) is 4.39. The fourth-order valence-corrected chi connectivity index (χ4v) is 4.39. The maximum absolute atomic E-state index is 12.9. The molecule has 0 bridgehead atoms. The Hall–Kier alpha value is -4.55. The van der Waals surface area contributed by atoms with Gasteiger partial charge in [0.2, 0.25) is 0 Å². The van der Waals surface area contributed by atoms with Gasteiger partial charge in [0.25, 0.3) is 0 Å². The molecule has 3 aromatic carbocycles. The molecular weight excluding hydrogens is 611 g/mol. The van der Waals surface area contributed by atoms with Gasteiger partial charge in [0.05, 0.1) is 31.0 Å². The number of alkyl halides is 1. The highest BCUT2D eigenvalue weighted by atomic mass is 19.1. The van der Waals surface area contributed by atoms with E-state index >= 15 is 0 Å².